The molecular formula is C8H8O. The highest BCUT2D eigenvalue weighted by Crippen LogP contribution is 2.25. The van der Waals surface area contributed by atoms with Gasteiger partial charge in [-0.3, -0.25) is 0 Å². The topological polar surface area (TPSA) is 20.2 Å². The van der Waals surface area contributed by atoms with Crippen molar-refractivity contribution in [2.45, 2.75) is 12.8 Å². The zero-order chi connectivity index (χ0) is 6.27. The molecule has 0 bridgehead atoms. The van der Waals surface area contributed by atoms with Gasteiger partial charge < -0.3 is 5.11 Å². The Kier molecular flexibility index (Phi) is 0.810. The van der Waals surface area contributed by atoms with Crippen LogP contribution in [0.4, 0.5) is 0 Å². The Morgan fingerprint density at radius 1 is 1.11 bits per heavy atom. The van der Waals surface area contributed by atoms with E-state index in [1.54, 1.807) is 6.07 Å². The third-order valence-electron chi connectivity index (χ3n) is 1.85. The van der Waals surface area contributed by atoms with Crippen LogP contribution in [0.2, 0.25) is 0 Å². The van der Waals surface area contributed by atoms with Crippen molar-refractivity contribution in [2.24, 2.45) is 0 Å². The first-order chi connectivity index (χ1) is 4.36. The van der Waals surface area contributed by atoms with Crippen LogP contribution in [0.1, 0.15) is 11.1 Å². The van der Waals surface area contributed by atoms with Crippen molar-refractivity contribution in [2.75, 3.05) is 0 Å². The summed E-state index contributed by atoms with van der Waals surface area (Å²) in [5.74, 6) is 0.397. The van der Waals surface area contributed by atoms with Gasteiger partial charge in [0.05, 0.1) is 0 Å². The minimum absolute atomic E-state index is 0.397. The third kappa shape index (κ3) is 0.611. The Hall–Kier alpha value is -0.980. The van der Waals surface area contributed by atoms with Crippen molar-refractivity contribution < 1.29 is 5.11 Å². The molecule has 0 saturated heterocycles. The summed E-state index contributed by atoms with van der Waals surface area (Å²) in [5.41, 5.74) is 2.71. The van der Waals surface area contributed by atoms with E-state index in [1.807, 2.05) is 12.1 Å². The summed E-state index contributed by atoms with van der Waals surface area (Å²) >= 11 is 0. The number of aryl methyl sites for hydroxylation is 2. The van der Waals surface area contributed by atoms with E-state index in [0.29, 0.717) is 5.75 Å². The Bertz CT molecular complexity index is 240. The van der Waals surface area contributed by atoms with Gasteiger partial charge in [-0.15, -0.1) is 0 Å². The Balaban J connectivity index is 2.57. The molecule has 1 aromatic carbocycles. The maximum Gasteiger partial charge on any atom is 0.115 e. The lowest BCUT2D eigenvalue weighted by Crippen LogP contribution is -2.06. The SMILES string of the molecule is Oc1ccc2c(c1)CC2. The van der Waals surface area contributed by atoms with Gasteiger partial charge in [-0.1, -0.05) is 6.07 Å². The van der Waals surface area contributed by atoms with Gasteiger partial charge in [-0.2, -0.15) is 0 Å². The highest BCUT2D eigenvalue weighted by molar-refractivity contribution is 5.40. The van der Waals surface area contributed by atoms with Crippen LogP contribution in [0.3, 0.4) is 0 Å². The predicted molar refractivity (Wildman–Crippen MR) is 35.5 cm³/mol. The van der Waals surface area contributed by atoms with Crippen molar-refractivity contribution in [1.29, 1.82) is 0 Å². The molecule has 0 radical (unpaired) electrons. The highest BCUT2D eigenvalue weighted by atomic mass is 16.3. The van der Waals surface area contributed by atoms with Gasteiger partial charge in [0, 0.05) is 0 Å². The first kappa shape index (κ1) is 4.86. The fraction of sp³-hybridized carbons (Fsp3) is 0.250. The van der Waals surface area contributed by atoms with Gasteiger partial charge in [0.1, 0.15) is 5.75 Å². The predicted octanol–water partition coefficient (Wildman–Crippen LogP) is 1.49. The summed E-state index contributed by atoms with van der Waals surface area (Å²) in [6.07, 6.45) is 2.33. The van der Waals surface area contributed by atoms with Crippen molar-refractivity contribution in [3.63, 3.8) is 0 Å². The number of hydrogen-bond donors (Lipinski definition) is 1. The third-order valence-corrected chi connectivity index (χ3v) is 1.85. The maximum absolute atomic E-state index is 8.97. The molecule has 1 heteroatoms. The van der Waals surface area contributed by atoms with Crippen molar-refractivity contribution in [3.05, 3.63) is 29.3 Å². The van der Waals surface area contributed by atoms with Crippen LogP contribution in [0.25, 0.3) is 0 Å². The summed E-state index contributed by atoms with van der Waals surface area (Å²) in [6, 6.07) is 5.59. The molecule has 2 rings (SSSR count). The number of benzene rings is 1. The van der Waals surface area contributed by atoms with E-state index in [-0.39, 0.29) is 0 Å². The lowest BCUT2D eigenvalue weighted by molar-refractivity contribution is 0.473. The highest BCUT2D eigenvalue weighted by Gasteiger charge is 2.11. The number of rotatable bonds is 0. The quantitative estimate of drug-likeness (QED) is 0.550. The average Bonchev–Trinajstić information content (AvgIpc) is 1.78. The molecule has 46 valence electrons. The first-order valence-corrected chi connectivity index (χ1v) is 3.17. The van der Waals surface area contributed by atoms with Crippen LogP contribution >= 0.6 is 0 Å². The minimum atomic E-state index is 0.397. The summed E-state index contributed by atoms with van der Waals surface area (Å²) in [6.45, 7) is 0. The summed E-state index contributed by atoms with van der Waals surface area (Å²) in [4.78, 5) is 0. The van der Waals surface area contributed by atoms with E-state index in [1.165, 1.54) is 17.5 Å². The van der Waals surface area contributed by atoms with E-state index < -0.39 is 0 Å². The molecule has 0 aliphatic heterocycles. The molecule has 0 atom stereocenters. The van der Waals surface area contributed by atoms with Crippen molar-refractivity contribution in [1.82, 2.24) is 0 Å². The smallest absolute Gasteiger partial charge is 0.115 e. The van der Waals surface area contributed by atoms with E-state index in [0.717, 1.165) is 6.42 Å². The van der Waals surface area contributed by atoms with E-state index >= 15 is 0 Å². The number of phenols is 1. The molecule has 0 amide bonds. The molecule has 1 aliphatic carbocycles. The van der Waals surface area contributed by atoms with Gasteiger partial charge in [0.2, 0.25) is 0 Å². The zero-order valence-corrected chi connectivity index (χ0v) is 5.09. The lowest BCUT2D eigenvalue weighted by Gasteiger charge is -2.17. The molecule has 1 aromatic rings. The molecule has 1 aliphatic rings. The van der Waals surface area contributed by atoms with Gasteiger partial charge in [-0.25, -0.2) is 0 Å². The molecule has 1 nitrogen and oxygen atoms in total. The largest absolute Gasteiger partial charge is 0.508 e. The lowest BCUT2D eigenvalue weighted by atomic mass is 9.89. The summed E-state index contributed by atoms with van der Waals surface area (Å²) in [5, 5.41) is 8.97. The Labute approximate surface area is 53.9 Å². The van der Waals surface area contributed by atoms with E-state index in [9.17, 15) is 0 Å². The van der Waals surface area contributed by atoms with Crippen LogP contribution in [0.15, 0.2) is 18.2 Å². The number of aromatic hydroxyl groups is 1. The molecule has 0 heterocycles. The molecule has 9 heavy (non-hydrogen) atoms. The zero-order valence-electron chi connectivity index (χ0n) is 5.09. The fourth-order valence-corrected chi connectivity index (χ4v) is 1.18. The molecular weight excluding hydrogens is 112 g/mol. The van der Waals surface area contributed by atoms with Crippen molar-refractivity contribution >= 4 is 0 Å². The van der Waals surface area contributed by atoms with Gasteiger partial charge >= 0.3 is 0 Å². The summed E-state index contributed by atoms with van der Waals surface area (Å²) < 4.78 is 0. The second kappa shape index (κ2) is 1.50. The fourth-order valence-electron chi connectivity index (χ4n) is 1.18. The molecule has 0 spiro atoms. The summed E-state index contributed by atoms with van der Waals surface area (Å²) in [7, 11) is 0. The van der Waals surface area contributed by atoms with Crippen molar-refractivity contribution in [3.8, 4) is 5.75 Å². The van der Waals surface area contributed by atoms with Crippen LogP contribution in [-0.2, 0) is 12.8 Å². The minimum Gasteiger partial charge on any atom is -0.508 e. The monoisotopic (exact) mass is 120 g/mol. The van der Waals surface area contributed by atoms with Gasteiger partial charge in [-0.05, 0) is 36.1 Å². The Morgan fingerprint density at radius 2 is 1.89 bits per heavy atom. The maximum atomic E-state index is 8.97. The second-order valence-corrected chi connectivity index (χ2v) is 2.45. The number of phenolic OH excluding ortho intramolecular Hbond substituents is 1. The molecule has 0 unspecified atom stereocenters. The number of hydrogen-bond acceptors (Lipinski definition) is 1. The van der Waals surface area contributed by atoms with E-state index in [4.69, 9.17) is 5.11 Å². The molecule has 1 N–H and O–H groups in total. The Morgan fingerprint density at radius 3 is 2.33 bits per heavy atom. The molecule has 0 saturated carbocycles. The normalized spacial score (nSPS) is 14.2. The van der Waals surface area contributed by atoms with Gasteiger partial charge in [0.25, 0.3) is 0 Å². The van der Waals surface area contributed by atoms with E-state index in [2.05, 4.69) is 0 Å². The number of fused-ring (bicyclic) bond motifs is 1. The van der Waals surface area contributed by atoms with Gasteiger partial charge in [0.15, 0.2) is 0 Å². The first-order valence-electron chi connectivity index (χ1n) is 3.17. The molecule has 0 fully saturated rings. The standard InChI is InChI=1S/C8H8O/c9-8-4-3-6-1-2-7(6)5-8/h3-5,9H,1-2H2. The van der Waals surface area contributed by atoms with Crippen LogP contribution in [-0.4, -0.2) is 5.11 Å². The molecule has 0 aromatic heterocycles. The van der Waals surface area contributed by atoms with Crippen LogP contribution in [0, 0.1) is 0 Å². The van der Waals surface area contributed by atoms with Crippen LogP contribution < -0.4 is 0 Å². The van der Waals surface area contributed by atoms with Crippen LogP contribution in [0.5, 0.6) is 5.75 Å². The second-order valence-electron chi connectivity index (χ2n) is 2.45. The average molecular weight is 120 g/mol.